The Labute approximate surface area is 104 Å². The van der Waals surface area contributed by atoms with E-state index in [2.05, 4.69) is 5.32 Å². The molecule has 17 heavy (non-hydrogen) atoms. The van der Waals surface area contributed by atoms with Crippen LogP contribution in [-0.4, -0.2) is 19.3 Å². The molecule has 0 saturated heterocycles. The van der Waals surface area contributed by atoms with Crippen molar-refractivity contribution < 1.29 is 13.2 Å². The van der Waals surface area contributed by atoms with Crippen molar-refractivity contribution in [1.82, 2.24) is 5.32 Å². The molecule has 1 aromatic carbocycles. The molecule has 1 rings (SSSR count). The molecule has 0 aromatic heterocycles. The first-order chi connectivity index (χ1) is 7.87. The topological polar surface area (TPSA) is 12.0 Å². The van der Waals surface area contributed by atoms with Gasteiger partial charge in [0.15, 0.2) is 0 Å². The minimum Gasteiger partial charge on any atom is -0.308 e. The van der Waals surface area contributed by atoms with Gasteiger partial charge in [-0.2, -0.15) is 13.2 Å². The predicted octanol–water partition coefficient (Wildman–Crippen LogP) is 3.67. The molecular weight excluding hydrogens is 251 g/mol. The fourth-order valence-corrected chi connectivity index (χ4v) is 1.81. The lowest BCUT2D eigenvalue weighted by Gasteiger charge is -2.14. The van der Waals surface area contributed by atoms with Gasteiger partial charge in [-0.3, -0.25) is 0 Å². The minimum atomic E-state index is -4.14. The highest BCUT2D eigenvalue weighted by molar-refractivity contribution is 6.30. The van der Waals surface area contributed by atoms with Gasteiger partial charge < -0.3 is 5.32 Å². The summed E-state index contributed by atoms with van der Waals surface area (Å²) in [5, 5.41) is 3.05. The number of hydrogen-bond donors (Lipinski definition) is 1. The normalized spacial score (nSPS) is 13.7. The van der Waals surface area contributed by atoms with Gasteiger partial charge in [0.25, 0.3) is 0 Å². The molecule has 1 unspecified atom stereocenters. The number of nitrogens with one attached hydrogen (secondary N) is 1. The Morgan fingerprint density at radius 3 is 2.65 bits per heavy atom. The highest BCUT2D eigenvalue weighted by Gasteiger charge is 2.26. The van der Waals surface area contributed by atoms with Crippen molar-refractivity contribution in [3.8, 4) is 0 Å². The summed E-state index contributed by atoms with van der Waals surface area (Å²) in [4.78, 5) is 0. The van der Waals surface area contributed by atoms with Crippen molar-refractivity contribution in [1.29, 1.82) is 0 Å². The summed E-state index contributed by atoms with van der Waals surface area (Å²) < 4.78 is 35.7. The van der Waals surface area contributed by atoms with Gasteiger partial charge in [0.1, 0.15) is 0 Å². The van der Waals surface area contributed by atoms with E-state index in [1.807, 2.05) is 25.1 Å². The van der Waals surface area contributed by atoms with Gasteiger partial charge in [-0.05, 0) is 36.6 Å². The molecule has 5 heteroatoms. The van der Waals surface area contributed by atoms with E-state index in [-0.39, 0.29) is 5.92 Å². The first kappa shape index (κ1) is 14.3. The smallest absolute Gasteiger partial charge is 0.308 e. The van der Waals surface area contributed by atoms with Crippen LogP contribution in [0.3, 0.4) is 0 Å². The quantitative estimate of drug-likeness (QED) is 0.857. The van der Waals surface area contributed by atoms with Crippen LogP contribution in [0.5, 0.6) is 0 Å². The van der Waals surface area contributed by atoms with Gasteiger partial charge in [0.05, 0.1) is 6.54 Å². The summed E-state index contributed by atoms with van der Waals surface area (Å²) in [6.07, 6.45) is -3.43. The summed E-state index contributed by atoms with van der Waals surface area (Å²) in [5.74, 6) is 0.135. The summed E-state index contributed by atoms with van der Waals surface area (Å²) in [5.41, 5.74) is 1.04. The molecule has 1 aromatic rings. The Kier molecular flexibility index (Phi) is 5.28. The number of hydrogen-bond acceptors (Lipinski definition) is 1. The van der Waals surface area contributed by atoms with E-state index < -0.39 is 12.7 Å². The van der Waals surface area contributed by atoms with Crippen LogP contribution in [0.2, 0.25) is 5.02 Å². The average Bonchev–Trinajstić information content (AvgIpc) is 2.15. The second-order valence-electron chi connectivity index (χ2n) is 4.19. The largest absolute Gasteiger partial charge is 0.401 e. The molecule has 0 aliphatic rings. The Balaban J connectivity index is 2.32. The Morgan fingerprint density at radius 1 is 1.35 bits per heavy atom. The molecule has 0 amide bonds. The first-order valence-electron chi connectivity index (χ1n) is 5.39. The maximum Gasteiger partial charge on any atom is 0.401 e. The number of alkyl halides is 3. The van der Waals surface area contributed by atoms with Crippen molar-refractivity contribution >= 4 is 11.6 Å². The summed E-state index contributed by atoms with van der Waals surface area (Å²) >= 11 is 5.83. The number of benzene rings is 1. The van der Waals surface area contributed by atoms with Crippen LogP contribution in [0, 0.1) is 5.92 Å². The van der Waals surface area contributed by atoms with Gasteiger partial charge in [0, 0.05) is 5.02 Å². The van der Waals surface area contributed by atoms with Gasteiger partial charge in [0.2, 0.25) is 0 Å². The lowest BCUT2D eigenvalue weighted by Crippen LogP contribution is -2.32. The van der Waals surface area contributed by atoms with E-state index in [1.165, 1.54) is 0 Å². The molecule has 96 valence electrons. The molecule has 0 aliphatic heterocycles. The zero-order chi connectivity index (χ0) is 12.9. The molecule has 0 aliphatic carbocycles. The molecule has 0 fully saturated rings. The highest BCUT2D eigenvalue weighted by Crippen LogP contribution is 2.15. The van der Waals surface area contributed by atoms with Crippen molar-refractivity contribution in [2.45, 2.75) is 19.5 Å². The maximum absolute atomic E-state index is 11.9. The van der Waals surface area contributed by atoms with Crippen LogP contribution in [0.25, 0.3) is 0 Å². The maximum atomic E-state index is 11.9. The molecule has 1 atom stereocenters. The molecule has 0 saturated carbocycles. The molecule has 0 spiro atoms. The van der Waals surface area contributed by atoms with Crippen LogP contribution in [0.15, 0.2) is 24.3 Å². The third-order valence-corrected chi connectivity index (χ3v) is 2.53. The van der Waals surface area contributed by atoms with Gasteiger partial charge in [-0.15, -0.1) is 0 Å². The van der Waals surface area contributed by atoms with Gasteiger partial charge in [-0.1, -0.05) is 30.7 Å². The Hall–Kier alpha value is -0.740. The molecule has 1 N–H and O–H groups in total. The lowest BCUT2D eigenvalue weighted by atomic mass is 10.0. The van der Waals surface area contributed by atoms with E-state index in [1.54, 1.807) is 6.07 Å². The molecule has 0 heterocycles. The fourth-order valence-electron chi connectivity index (χ4n) is 1.60. The van der Waals surface area contributed by atoms with Crippen LogP contribution >= 0.6 is 11.6 Å². The first-order valence-corrected chi connectivity index (χ1v) is 5.76. The third kappa shape index (κ3) is 6.54. The van der Waals surface area contributed by atoms with Crippen molar-refractivity contribution in [3.63, 3.8) is 0 Å². The number of rotatable bonds is 5. The Bertz CT molecular complexity index is 352. The van der Waals surface area contributed by atoms with Crippen LogP contribution < -0.4 is 5.32 Å². The zero-order valence-electron chi connectivity index (χ0n) is 9.52. The molecule has 1 nitrogen and oxygen atoms in total. The summed E-state index contributed by atoms with van der Waals surface area (Å²) in [7, 11) is 0. The van der Waals surface area contributed by atoms with E-state index in [0.717, 1.165) is 5.56 Å². The Morgan fingerprint density at radius 2 is 2.06 bits per heavy atom. The molecule has 0 bridgehead atoms. The van der Waals surface area contributed by atoms with Crippen molar-refractivity contribution in [3.05, 3.63) is 34.9 Å². The van der Waals surface area contributed by atoms with E-state index in [9.17, 15) is 13.2 Å². The minimum absolute atomic E-state index is 0.135. The predicted molar refractivity (Wildman–Crippen MR) is 63.2 cm³/mol. The molecule has 0 radical (unpaired) electrons. The third-order valence-electron chi connectivity index (χ3n) is 2.29. The van der Waals surface area contributed by atoms with Gasteiger partial charge >= 0.3 is 6.18 Å². The van der Waals surface area contributed by atoms with Crippen molar-refractivity contribution in [2.24, 2.45) is 5.92 Å². The average molecular weight is 266 g/mol. The van der Waals surface area contributed by atoms with Crippen LogP contribution in [0.1, 0.15) is 12.5 Å². The SMILES string of the molecule is CC(CNCC(F)(F)F)Cc1cccc(Cl)c1. The van der Waals surface area contributed by atoms with Crippen LogP contribution in [-0.2, 0) is 6.42 Å². The second-order valence-corrected chi connectivity index (χ2v) is 4.62. The number of halogens is 4. The van der Waals surface area contributed by atoms with Crippen molar-refractivity contribution in [2.75, 3.05) is 13.1 Å². The van der Waals surface area contributed by atoms with E-state index in [4.69, 9.17) is 11.6 Å². The van der Waals surface area contributed by atoms with Crippen LogP contribution in [0.4, 0.5) is 13.2 Å². The monoisotopic (exact) mass is 265 g/mol. The van der Waals surface area contributed by atoms with Gasteiger partial charge in [-0.25, -0.2) is 0 Å². The zero-order valence-corrected chi connectivity index (χ0v) is 10.3. The standard InChI is InChI=1S/C12H15ClF3N/c1-9(7-17-8-12(14,15)16)5-10-3-2-4-11(13)6-10/h2-4,6,9,17H,5,7-8H2,1H3. The van der Waals surface area contributed by atoms with E-state index in [0.29, 0.717) is 18.0 Å². The molecular formula is C12H15ClF3N. The summed E-state index contributed by atoms with van der Waals surface area (Å²) in [6.45, 7) is 1.31. The fraction of sp³-hybridized carbons (Fsp3) is 0.500. The summed E-state index contributed by atoms with van der Waals surface area (Å²) in [6, 6.07) is 7.37. The second kappa shape index (κ2) is 6.26. The lowest BCUT2D eigenvalue weighted by molar-refractivity contribution is -0.125. The van der Waals surface area contributed by atoms with E-state index >= 15 is 0 Å². The highest BCUT2D eigenvalue weighted by atomic mass is 35.5.